The Morgan fingerprint density at radius 1 is 1.64 bits per heavy atom. The van der Waals surface area contributed by atoms with E-state index >= 15 is 0 Å². The van der Waals surface area contributed by atoms with Crippen molar-refractivity contribution < 1.29 is 0 Å². The van der Waals surface area contributed by atoms with Crippen LogP contribution < -0.4 is 5.73 Å². The van der Waals surface area contributed by atoms with Gasteiger partial charge in [0.25, 0.3) is 0 Å². The Labute approximate surface area is 77.0 Å². The minimum absolute atomic E-state index is 0. The predicted molar refractivity (Wildman–Crippen MR) is 51.2 cm³/mol. The van der Waals surface area contributed by atoms with Gasteiger partial charge in [0.05, 0.1) is 5.03 Å². The second-order valence-corrected chi connectivity index (χ2v) is 2.74. The molecule has 1 rings (SSSR count). The van der Waals surface area contributed by atoms with Crippen LogP contribution in [0.2, 0.25) is 0 Å². The lowest BCUT2D eigenvalue weighted by atomic mass is 10.3. The van der Waals surface area contributed by atoms with E-state index in [2.05, 4.69) is 4.98 Å². The number of hydrogen-bond acceptors (Lipinski definition) is 3. The molecule has 2 N–H and O–H groups in total. The number of aromatic nitrogens is 1. The molecule has 0 radical (unpaired) electrons. The highest BCUT2D eigenvalue weighted by Crippen LogP contribution is 2.11. The first-order chi connectivity index (χ1) is 4.86. The number of rotatable bonds is 2. The lowest BCUT2D eigenvalue weighted by Crippen LogP contribution is -1.96. The molecule has 0 aromatic carbocycles. The summed E-state index contributed by atoms with van der Waals surface area (Å²) >= 11 is 1.63. The Morgan fingerprint density at radius 3 is 2.91 bits per heavy atom. The van der Waals surface area contributed by atoms with Gasteiger partial charge < -0.3 is 5.73 Å². The zero-order valence-electron chi connectivity index (χ0n) is 6.28. The Kier molecular flexibility index (Phi) is 5.28. The van der Waals surface area contributed by atoms with Crippen molar-refractivity contribution in [1.82, 2.24) is 4.98 Å². The van der Waals surface area contributed by atoms with Crippen molar-refractivity contribution in [2.75, 3.05) is 6.26 Å². The van der Waals surface area contributed by atoms with Crippen LogP contribution in [0.3, 0.4) is 0 Å². The van der Waals surface area contributed by atoms with Gasteiger partial charge in [-0.25, -0.2) is 4.98 Å². The summed E-state index contributed by atoms with van der Waals surface area (Å²) in [5.41, 5.74) is 6.57. The van der Waals surface area contributed by atoms with E-state index in [9.17, 15) is 0 Å². The molecule has 62 valence electrons. The summed E-state index contributed by atoms with van der Waals surface area (Å²) < 4.78 is 0. The molecule has 4 heteroatoms. The first-order valence-corrected chi connectivity index (χ1v) is 4.28. The van der Waals surface area contributed by atoms with Crippen LogP contribution in [-0.4, -0.2) is 11.2 Å². The third kappa shape index (κ3) is 3.10. The topological polar surface area (TPSA) is 38.9 Å². The van der Waals surface area contributed by atoms with Crippen molar-refractivity contribution in [3.05, 3.63) is 23.9 Å². The lowest BCUT2D eigenvalue weighted by molar-refractivity contribution is 1.02. The fourth-order valence-electron chi connectivity index (χ4n) is 0.689. The van der Waals surface area contributed by atoms with Crippen LogP contribution in [0.4, 0.5) is 0 Å². The molecule has 0 saturated carbocycles. The maximum atomic E-state index is 5.44. The number of pyridine rings is 1. The maximum Gasteiger partial charge on any atom is 0.0960 e. The largest absolute Gasteiger partial charge is 0.326 e. The van der Waals surface area contributed by atoms with Gasteiger partial charge in [-0.15, -0.1) is 24.2 Å². The first kappa shape index (κ1) is 10.8. The van der Waals surface area contributed by atoms with Gasteiger partial charge in [-0.2, -0.15) is 0 Å². The summed E-state index contributed by atoms with van der Waals surface area (Å²) in [5, 5.41) is 1.03. The Balaban J connectivity index is 0.000001000. The van der Waals surface area contributed by atoms with E-state index in [4.69, 9.17) is 5.73 Å². The summed E-state index contributed by atoms with van der Waals surface area (Å²) in [5.74, 6) is 0. The molecule has 2 nitrogen and oxygen atoms in total. The summed E-state index contributed by atoms with van der Waals surface area (Å²) in [6.45, 7) is 0.593. The smallest absolute Gasteiger partial charge is 0.0960 e. The van der Waals surface area contributed by atoms with Gasteiger partial charge in [-0.1, -0.05) is 0 Å². The van der Waals surface area contributed by atoms with Gasteiger partial charge in [0.15, 0.2) is 0 Å². The van der Waals surface area contributed by atoms with Crippen LogP contribution in [0.15, 0.2) is 23.4 Å². The van der Waals surface area contributed by atoms with Crippen LogP contribution in [-0.2, 0) is 6.54 Å². The molecular formula is C7H11ClN2S. The number of nitrogens with zero attached hydrogens (tertiary/aromatic N) is 1. The van der Waals surface area contributed by atoms with E-state index in [1.807, 2.05) is 18.4 Å². The zero-order valence-corrected chi connectivity index (χ0v) is 7.91. The number of thioether (sulfide) groups is 1. The Morgan fingerprint density at radius 2 is 2.36 bits per heavy atom. The molecule has 0 atom stereocenters. The first-order valence-electron chi connectivity index (χ1n) is 3.06. The molecule has 1 aromatic heterocycles. The van der Waals surface area contributed by atoms with Gasteiger partial charge >= 0.3 is 0 Å². The van der Waals surface area contributed by atoms with Gasteiger partial charge in [0, 0.05) is 12.7 Å². The van der Waals surface area contributed by atoms with Crippen LogP contribution in [0.5, 0.6) is 0 Å². The number of nitrogens with two attached hydrogens (primary N) is 1. The second-order valence-electron chi connectivity index (χ2n) is 1.91. The molecule has 0 aliphatic heterocycles. The standard InChI is InChI=1S/C7H10N2S.ClH/c1-10-7-4-6(5-8)2-3-9-7;/h2-4H,5,8H2,1H3;1H. The second kappa shape index (κ2) is 5.41. The molecule has 1 heterocycles. The minimum Gasteiger partial charge on any atom is -0.326 e. The van der Waals surface area contributed by atoms with Gasteiger partial charge in [0.1, 0.15) is 0 Å². The third-order valence-corrected chi connectivity index (χ3v) is 1.89. The monoisotopic (exact) mass is 190 g/mol. The molecule has 1 aromatic rings. The third-order valence-electron chi connectivity index (χ3n) is 1.24. The maximum absolute atomic E-state index is 5.44. The van der Waals surface area contributed by atoms with E-state index in [0.29, 0.717) is 6.54 Å². The van der Waals surface area contributed by atoms with Crippen LogP contribution >= 0.6 is 24.2 Å². The highest BCUT2D eigenvalue weighted by molar-refractivity contribution is 7.98. The van der Waals surface area contributed by atoms with Crippen molar-refractivity contribution in [1.29, 1.82) is 0 Å². The average Bonchev–Trinajstić information content (AvgIpc) is 2.05. The van der Waals surface area contributed by atoms with Gasteiger partial charge in [-0.3, -0.25) is 0 Å². The summed E-state index contributed by atoms with van der Waals surface area (Å²) in [7, 11) is 0. The summed E-state index contributed by atoms with van der Waals surface area (Å²) in [6, 6.07) is 3.93. The molecule has 0 unspecified atom stereocenters. The molecule has 0 saturated heterocycles. The predicted octanol–water partition coefficient (Wildman–Crippen LogP) is 1.68. The Bertz CT molecular complexity index is 198. The summed E-state index contributed by atoms with van der Waals surface area (Å²) in [6.07, 6.45) is 3.79. The van der Waals surface area contributed by atoms with Gasteiger partial charge in [0.2, 0.25) is 0 Å². The van der Waals surface area contributed by atoms with Crippen LogP contribution in [0, 0.1) is 0 Å². The van der Waals surface area contributed by atoms with E-state index in [1.165, 1.54) is 0 Å². The fraction of sp³-hybridized carbons (Fsp3) is 0.286. The normalized spacial score (nSPS) is 8.91. The van der Waals surface area contributed by atoms with Crippen molar-refractivity contribution >= 4 is 24.2 Å². The molecule has 0 amide bonds. The molecule has 0 fully saturated rings. The molecule has 0 aliphatic carbocycles. The summed E-state index contributed by atoms with van der Waals surface area (Å²) in [4.78, 5) is 4.11. The van der Waals surface area contributed by atoms with E-state index in [1.54, 1.807) is 18.0 Å². The van der Waals surface area contributed by atoms with Crippen LogP contribution in [0.1, 0.15) is 5.56 Å². The van der Waals surface area contributed by atoms with E-state index < -0.39 is 0 Å². The molecule has 0 bridgehead atoms. The van der Waals surface area contributed by atoms with Crippen molar-refractivity contribution in [3.63, 3.8) is 0 Å². The highest BCUT2D eigenvalue weighted by Gasteiger charge is 1.91. The quantitative estimate of drug-likeness (QED) is 0.722. The Hall–Kier alpha value is -0.250. The highest BCUT2D eigenvalue weighted by atomic mass is 35.5. The fourth-order valence-corrected chi connectivity index (χ4v) is 1.12. The minimum atomic E-state index is 0. The van der Waals surface area contributed by atoms with Crippen molar-refractivity contribution in [3.8, 4) is 0 Å². The van der Waals surface area contributed by atoms with Gasteiger partial charge in [-0.05, 0) is 24.0 Å². The molecular weight excluding hydrogens is 180 g/mol. The molecule has 11 heavy (non-hydrogen) atoms. The van der Waals surface area contributed by atoms with Crippen molar-refractivity contribution in [2.45, 2.75) is 11.6 Å². The van der Waals surface area contributed by atoms with E-state index in [-0.39, 0.29) is 12.4 Å². The average molecular weight is 191 g/mol. The number of halogens is 1. The molecule has 0 spiro atoms. The zero-order chi connectivity index (χ0) is 7.40. The van der Waals surface area contributed by atoms with E-state index in [0.717, 1.165) is 10.6 Å². The SMILES string of the molecule is CSc1cc(CN)ccn1.Cl. The number of hydrogen-bond donors (Lipinski definition) is 1. The van der Waals surface area contributed by atoms with Crippen molar-refractivity contribution in [2.24, 2.45) is 5.73 Å². The van der Waals surface area contributed by atoms with Crippen LogP contribution in [0.25, 0.3) is 0 Å². The lowest BCUT2D eigenvalue weighted by Gasteiger charge is -1.97. The molecule has 0 aliphatic rings.